The zero-order valence-corrected chi connectivity index (χ0v) is 24.2. The number of thiazole rings is 1. The first kappa shape index (κ1) is 33.6. The molecule has 0 aliphatic heterocycles. The summed E-state index contributed by atoms with van der Waals surface area (Å²) in [6.45, 7) is 9.09. The molecule has 36 heavy (non-hydrogen) atoms. The van der Waals surface area contributed by atoms with E-state index in [1.165, 1.54) is 11.1 Å². The number of nitrogens with zero attached hydrogens (tertiary/aromatic N) is 2. The van der Waals surface area contributed by atoms with Crippen molar-refractivity contribution in [2.45, 2.75) is 40.7 Å². The fraction of sp³-hybridized carbons (Fsp3) is 0.310. The number of benzene rings is 2. The maximum Gasteiger partial charge on any atom is 0.249 e. The summed E-state index contributed by atoms with van der Waals surface area (Å²) in [6, 6.07) is 18.6. The van der Waals surface area contributed by atoms with E-state index in [1.54, 1.807) is 17.4 Å². The summed E-state index contributed by atoms with van der Waals surface area (Å²) >= 11 is 11.8. The summed E-state index contributed by atoms with van der Waals surface area (Å²) in [5.41, 5.74) is 5.66. The third-order valence-corrected chi connectivity index (χ3v) is 5.93. The average molecular weight is 550 g/mol. The molecule has 4 nitrogen and oxygen atoms in total. The largest absolute Gasteiger partial charge is 0.400 e. The molecule has 0 atom stereocenters. The van der Waals surface area contributed by atoms with E-state index in [2.05, 4.69) is 41.4 Å². The molecule has 0 aliphatic carbocycles. The van der Waals surface area contributed by atoms with Crippen LogP contribution in [-0.4, -0.2) is 40.4 Å². The van der Waals surface area contributed by atoms with Crippen molar-refractivity contribution in [3.63, 3.8) is 0 Å². The maximum atomic E-state index is 12.8. The van der Waals surface area contributed by atoms with Gasteiger partial charge in [0.15, 0.2) is 0 Å². The normalized spacial score (nSPS) is 10.3. The lowest BCUT2D eigenvalue weighted by Crippen LogP contribution is -2.33. The van der Waals surface area contributed by atoms with Gasteiger partial charge in [-0.1, -0.05) is 92.2 Å². The Morgan fingerprint density at radius 3 is 2.17 bits per heavy atom. The van der Waals surface area contributed by atoms with E-state index < -0.39 is 0 Å². The van der Waals surface area contributed by atoms with Gasteiger partial charge in [0.2, 0.25) is 5.91 Å². The topological polar surface area (TPSA) is 53.4 Å². The zero-order valence-electron chi connectivity index (χ0n) is 21.8. The quantitative estimate of drug-likeness (QED) is 0.229. The molecule has 0 saturated heterocycles. The van der Waals surface area contributed by atoms with E-state index in [4.69, 9.17) is 28.3 Å². The first-order chi connectivity index (χ1) is 17.6. The molecule has 0 saturated carbocycles. The van der Waals surface area contributed by atoms with Crippen LogP contribution in [0.25, 0.3) is 10.6 Å². The molecule has 1 heterocycles. The maximum absolute atomic E-state index is 12.8. The Morgan fingerprint density at radius 1 is 1.06 bits per heavy atom. The molecule has 2 aromatic carbocycles. The minimum atomic E-state index is 0.0948. The lowest BCUT2D eigenvalue weighted by atomic mass is 10.1. The highest BCUT2D eigenvalue weighted by Crippen LogP contribution is 2.22. The van der Waals surface area contributed by atoms with Crippen molar-refractivity contribution >= 4 is 40.4 Å². The van der Waals surface area contributed by atoms with Gasteiger partial charge in [0.05, 0.1) is 0 Å². The van der Waals surface area contributed by atoms with Crippen LogP contribution in [0.5, 0.6) is 0 Å². The second kappa shape index (κ2) is 21.8. The smallest absolute Gasteiger partial charge is 0.249 e. The van der Waals surface area contributed by atoms with Crippen LogP contribution in [0.1, 0.15) is 38.8 Å². The molecule has 3 rings (SSSR count). The molecule has 0 bridgehead atoms. The number of halogens is 2. The number of alkyl halides is 1. The van der Waals surface area contributed by atoms with E-state index in [0.717, 1.165) is 35.2 Å². The molecular weight excluding hydrogens is 511 g/mol. The molecule has 7 heteroatoms. The minimum absolute atomic E-state index is 0.0948. The summed E-state index contributed by atoms with van der Waals surface area (Å²) < 4.78 is 0. The molecule has 0 fully saturated rings. The second-order valence-corrected chi connectivity index (χ2v) is 8.44. The van der Waals surface area contributed by atoms with Gasteiger partial charge in [0.1, 0.15) is 5.01 Å². The molecule has 0 unspecified atom stereocenters. The SMILES string of the molecule is C/C=C(\C)C(=O)N(CCc1ccccc1)Cc1ccc(-c2nccs2)cc1.CC.CO.Cl/C=C/CCl. The Hall–Kier alpha value is -2.44. The number of carbonyl (C=O) groups excluding carboxylic acids is 1. The van der Waals surface area contributed by atoms with Gasteiger partial charge in [-0.3, -0.25) is 4.79 Å². The van der Waals surface area contributed by atoms with Crippen LogP contribution >= 0.6 is 34.5 Å². The number of aliphatic hydroxyl groups excluding tert-OH is 1. The van der Waals surface area contributed by atoms with E-state index >= 15 is 0 Å². The van der Waals surface area contributed by atoms with Gasteiger partial charge in [-0.05, 0) is 31.4 Å². The standard InChI is InChI=1S/C23H24N2OS.C3H4Cl2.C2H6.CH4O/c1-3-18(2)23(26)25(15-13-19-7-5-4-6-8-19)17-20-9-11-21(12-10-20)22-24-14-16-27-22;4-2-1-3-5;2*1-2/h3-12,14,16H,13,15,17H2,1-2H3;1-2H,3H2;1-2H3;2H,1H3/b18-3+;2-1+;;. The molecule has 1 N–H and O–H groups in total. The number of hydrogen-bond donors (Lipinski definition) is 1. The number of hydrogen-bond acceptors (Lipinski definition) is 4. The fourth-order valence-corrected chi connectivity index (χ4v) is 3.82. The predicted molar refractivity (Wildman–Crippen MR) is 158 cm³/mol. The Morgan fingerprint density at radius 2 is 1.69 bits per heavy atom. The molecule has 1 amide bonds. The first-order valence-corrected chi connectivity index (χ1v) is 13.6. The van der Waals surface area contributed by atoms with Crippen LogP contribution < -0.4 is 0 Å². The van der Waals surface area contributed by atoms with Crippen molar-refractivity contribution in [3.8, 4) is 10.6 Å². The number of allylic oxidation sites excluding steroid dienone is 2. The van der Waals surface area contributed by atoms with E-state index in [0.29, 0.717) is 19.0 Å². The Kier molecular flexibility index (Phi) is 20.3. The summed E-state index contributed by atoms with van der Waals surface area (Å²) in [6.07, 6.45) is 6.20. The first-order valence-electron chi connectivity index (χ1n) is 11.8. The summed E-state index contributed by atoms with van der Waals surface area (Å²) in [5, 5.41) is 10.00. The van der Waals surface area contributed by atoms with Crippen molar-refractivity contribution in [3.05, 3.63) is 101 Å². The van der Waals surface area contributed by atoms with Crippen molar-refractivity contribution in [1.29, 1.82) is 0 Å². The van der Waals surface area contributed by atoms with Crippen LogP contribution in [0.3, 0.4) is 0 Å². The lowest BCUT2D eigenvalue weighted by Gasteiger charge is -2.23. The number of amides is 1. The summed E-state index contributed by atoms with van der Waals surface area (Å²) in [7, 11) is 1.00. The highest BCUT2D eigenvalue weighted by Gasteiger charge is 2.15. The molecule has 0 spiro atoms. The van der Waals surface area contributed by atoms with Gasteiger partial charge < -0.3 is 10.0 Å². The molecule has 196 valence electrons. The van der Waals surface area contributed by atoms with Crippen molar-refractivity contribution in [1.82, 2.24) is 9.88 Å². The summed E-state index contributed by atoms with van der Waals surface area (Å²) in [5.74, 6) is 0.598. The zero-order chi connectivity index (χ0) is 27.2. The van der Waals surface area contributed by atoms with Crippen molar-refractivity contribution in [2.24, 2.45) is 0 Å². The second-order valence-electron chi connectivity index (χ2n) is 6.98. The van der Waals surface area contributed by atoms with Gasteiger partial charge in [-0.25, -0.2) is 4.98 Å². The van der Waals surface area contributed by atoms with Crippen LogP contribution in [0, 0.1) is 0 Å². The van der Waals surface area contributed by atoms with Crippen LogP contribution in [0.2, 0.25) is 0 Å². The fourth-order valence-electron chi connectivity index (χ4n) is 2.91. The minimum Gasteiger partial charge on any atom is -0.400 e. The van der Waals surface area contributed by atoms with Crippen LogP contribution in [0.4, 0.5) is 0 Å². The van der Waals surface area contributed by atoms with E-state index in [9.17, 15) is 4.79 Å². The number of aromatic nitrogens is 1. The predicted octanol–water partition coefficient (Wildman–Crippen LogP) is 7.96. The van der Waals surface area contributed by atoms with E-state index in [-0.39, 0.29) is 5.91 Å². The third-order valence-electron chi connectivity index (χ3n) is 4.76. The van der Waals surface area contributed by atoms with Crippen molar-refractivity contribution < 1.29 is 9.90 Å². The lowest BCUT2D eigenvalue weighted by molar-refractivity contribution is -0.127. The van der Waals surface area contributed by atoms with Gasteiger partial charge in [0.25, 0.3) is 0 Å². The highest BCUT2D eigenvalue weighted by molar-refractivity contribution is 7.13. The highest BCUT2D eigenvalue weighted by atomic mass is 35.5. The van der Waals surface area contributed by atoms with Gasteiger partial charge >= 0.3 is 0 Å². The number of carbonyl (C=O) groups is 1. The van der Waals surface area contributed by atoms with Crippen LogP contribution in [0.15, 0.2) is 89.4 Å². The molecule has 3 aromatic rings. The number of aliphatic hydroxyl groups is 1. The molecule has 1 aromatic heterocycles. The van der Waals surface area contributed by atoms with Gasteiger partial charge in [-0.2, -0.15) is 0 Å². The summed E-state index contributed by atoms with van der Waals surface area (Å²) in [4.78, 5) is 19.1. The number of rotatable bonds is 8. The molecule has 0 radical (unpaired) electrons. The molecule has 0 aliphatic rings. The third kappa shape index (κ3) is 13.0. The average Bonchev–Trinajstić information content (AvgIpc) is 3.49. The Labute approximate surface area is 230 Å². The Balaban J connectivity index is 0.00000119. The van der Waals surface area contributed by atoms with Crippen LogP contribution in [-0.2, 0) is 17.8 Å². The van der Waals surface area contributed by atoms with Gasteiger partial charge in [0, 0.05) is 54.3 Å². The monoisotopic (exact) mass is 548 g/mol. The Bertz CT molecular complexity index is 990. The van der Waals surface area contributed by atoms with Crippen molar-refractivity contribution in [2.75, 3.05) is 19.5 Å². The van der Waals surface area contributed by atoms with E-state index in [1.807, 2.05) is 68.4 Å². The molecular formula is C29H38Cl2N2O2S. The van der Waals surface area contributed by atoms with Gasteiger partial charge in [-0.15, -0.1) is 22.9 Å².